The van der Waals surface area contributed by atoms with Crippen LogP contribution in [0.3, 0.4) is 0 Å². The standard InChI is InChI=1S/C25H28N2O4S/c1-5-23(19-8-11-21(31-4)12-9-19)26-25(28)20-10-15-24(18(3)16-20)27-32(29,30)22-13-6-17(2)7-14-22/h6-16,23,27H,5H2,1-4H3,(H,26,28)/t23-/m0/s1. The first-order chi connectivity index (χ1) is 15.2. The third kappa shape index (κ3) is 5.48. The number of aryl methyl sites for hydroxylation is 2. The minimum atomic E-state index is -3.71. The number of anilines is 1. The molecule has 0 unspecified atom stereocenters. The first-order valence-electron chi connectivity index (χ1n) is 10.4. The van der Waals surface area contributed by atoms with Crippen molar-refractivity contribution in [2.45, 2.75) is 38.1 Å². The molecule has 0 heterocycles. The van der Waals surface area contributed by atoms with E-state index in [2.05, 4.69) is 10.0 Å². The largest absolute Gasteiger partial charge is 0.497 e. The third-order valence-corrected chi connectivity index (χ3v) is 6.68. The number of amides is 1. The average molecular weight is 453 g/mol. The second kappa shape index (κ2) is 9.87. The van der Waals surface area contributed by atoms with E-state index < -0.39 is 10.0 Å². The van der Waals surface area contributed by atoms with E-state index in [1.807, 2.05) is 38.1 Å². The summed E-state index contributed by atoms with van der Waals surface area (Å²) < 4.78 is 33.1. The van der Waals surface area contributed by atoms with Crippen LogP contribution in [0.1, 0.15) is 46.4 Å². The monoisotopic (exact) mass is 452 g/mol. The lowest BCUT2D eigenvalue weighted by molar-refractivity contribution is 0.0935. The maximum atomic E-state index is 12.8. The van der Waals surface area contributed by atoms with E-state index >= 15 is 0 Å². The highest BCUT2D eigenvalue weighted by atomic mass is 32.2. The van der Waals surface area contributed by atoms with Crippen molar-refractivity contribution in [2.75, 3.05) is 11.8 Å². The van der Waals surface area contributed by atoms with Crippen LogP contribution in [0, 0.1) is 13.8 Å². The molecular formula is C25H28N2O4S. The first kappa shape index (κ1) is 23.3. The lowest BCUT2D eigenvalue weighted by Crippen LogP contribution is -2.28. The molecule has 1 atom stereocenters. The molecule has 0 aromatic heterocycles. The molecule has 6 nitrogen and oxygen atoms in total. The number of rotatable bonds is 8. The zero-order chi connectivity index (χ0) is 23.3. The molecular weight excluding hydrogens is 424 g/mol. The second-order valence-electron chi connectivity index (χ2n) is 7.66. The lowest BCUT2D eigenvalue weighted by atomic mass is 10.0. The molecule has 3 aromatic carbocycles. The minimum absolute atomic E-state index is 0.145. The van der Waals surface area contributed by atoms with Crippen LogP contribution >= 0.6 is 0 Å². The van der Waals surface area contributed by atoms with Crippen molar-refractivity contribution >= 4 is 21.6 Å². The van der Waals surface area contributed by atoms with E-state index in [0.29, 0.717) is 16.8 Å². The van der Waals surface area contributed by atoms with Crippen LogP contribution in [-0.2, 0) is 10.0 Å². The Morgan fingerprint density at radius 2 is 1.62 bits per heavy atom. The highest BCUT2D eigenvalue weighted by molar-refractivity contribution is 7.92. The predicted octanol–water partition coefficient (Wildman–Crippen LogP) is 4.99. The predicted molar refractivity (Wildman–Crippen MR) is 127 cm³/mol. The van der Waals surface area contributed by atoms with Crippen LogP contribution in [-0.4, -0.2) is 21.4 Å². The molecule has 0 spiro atoms. The van der Waals surface area contributed by atoms with E-state index in [1.165, 1.54) is 0 Å². The van der Waals surface area contributed by atoms with Crippen LogP contribution in [0.4, 0.5) is 5.69 Å². The number of carbonyl (C=O) groups excluding carboxylic acids is 1. The summed E-state index contributed by atoms with van der Waals surface area (Å²) in [7, 11) is -2.10. The molecule has 32 heavy (non-hydrogen) atoms. The Labute approximate surface area is 189 Å². The van der Waals surface area contributed by atoms with Gasteiger partial charge in [-0.1, -0.05) is 36.8 Å². The number of hydrogen-bond acceptors (Lipinski definition) is 4. The van der Waals surface area contributed by atoms with Crippen molar-refractivity contribution in [3.8, 4) is 5.75 Å². The fourth-order valence-corrected chi connectivity index (χ4v) is 4.47. The summed E-state index contributed by atoms with van der Waals surface area (Å²) in [6, 6.07) is 19.0. The molecule has 3 rings (SSSR count). The summed E-state index contributed by atoms with van der Waals surface area (Å²) in [6.45, 7) is 5.67. The van der Waals surface area contributed by atoms with Gasteiger partial charge in [-0.05, 0) is 73.9 Å². The Kier molecular flexibility index (Phi) is 7.20. The van der Waals surface area contributed by atoms with Gasteiger partial charge in [0.25, 0.3) is 15.9 Å². The van der Waals surface area contributed by atoms with Crippen molar-refractivity contribution in [2.24, 2.45) is 0 Å². The van der Waals surface area contributed by atoms with Gasteiger partial charge < -0.3 is 10.1 Å². The second-order valence-corrected chi connectivity index (χ2v) is 9.34. The summed E-state index contributed by atoms with van der Waals surface area (Å²) >= 11 is 0. The molecule has 168 valence electrons. The molecule has 0 saturated heterocycles. The molecule has 7 heteroatoms. The highest BCUT2D eigenvalue weighted by Crippen LogP contribution is 2.23. The normalized spacial score (nSPS) is 12.1. The zero-order valence-corrected chi connectivity index (χ0v) is 19.5. The van der Waals surface area contributed by atoms with Crippen LogP contribution in [0.5, 0.6) is 5.75 Å². The molecule has 3 aromatic rings. The number of sulfonamides is 1. The van der Waals surface area contributed by atoms with Crippen LogP contribution in [0.2, 0.25) is 0 Å². The van der Waals surface area contributed by atoms with Crippen LogP contribution in [0.15, 0.2) is 71.6 Å². The van der Waals surface area contributed by atoms with Crippen molar-refractivity contribution in [3.05, 3.63) is 89.0 Å². The maximum Gasteiger partial charge on any atom is 0.261 e. The molecule has 0 aliphatic rings. The van der Waals surface area contributed by atoms with E-state index in [9.17, 15) is 13.2 Å². The first-order valence-corrected chi connectivity index (χ1v) is 11.9. The minimum Gasteiger partial charge on any atom is -0.497 e. The van der Waals surface area contributed by atoms with Crippen molar-refractivity contribution < 1.29 is 17.9 Å². The number of nitrogens with one attached hydrogen (secondary N) is 2. The summed E-state index contributed by atoms with van der Waals surface area (Å²) in [5.41, 5.74) is 3.53. The van der Waals surface area contributed by atoms with Gasteiger partial charge in [0, 0.05) is 5.56 Å². The number of ether oxygens (including phenoxy) is 1. The van der Waals surface area contributed by atoms with E-state index in [-0.39, 0.29) is 16.8 Å². The Morgan fingerprint density at radius 3 is 2.19 bits per heavy atom. The van der Waals surface area contributed by atoms with Crippen molar-refractivity contribution in [3.63, 3.8) is 0 Å². The van der Waals surface area contributed by atoms with Gasteiger partial charge in [0.15, 0.2) is 0 Å². The fourth-order valence-electron chi connectivity index (χ4n) is 3.34. The van der Waals surface area contributed by atoms with E-state index in [4.69, 9.17) is 4.74 Å². The molecule has 0 bridgehead atoms. The maximum absolute atomic E-state index is 12.8. The molecule has 0 fully saturated rings. The summed E-state index contributed by atoms with van der Waals surface area (Å²) in [4.78, 5) is 13.0. The number of methoxy groups -OCH3 is 1. The SMILES string of the molecule is CC[C@H](NC(=O)c1ccc(NS(=O)(=O)c2ccc(C)cc2)c(C)c1)c1ccc(OC)cc1. The lowest BCUT2D eigenvalue weighted by Gasteiger charge is -2.18. The van der Waals surface area contributed by atoms with Crippen LogP contribution in [0.25, 0.3) is 0 Å². The van der Waals surface area contributed by atoms with Gasteiger partial charge in [-0.25, -0.2) is 8.42 Å². The van der Waals surface area contributed by atoms with Gasteiger partial charge in [-0.15, -0.1) is 0 Å². The Hall–Kier alpha value is -3.32. The zero-order valence-electron chi connectivity index (χ0n) is 18.7. The number of benzene rings is 3. The molecule has 1 amide bonds. The Balaban J connectivity index is 1.74. The van der Waals surface area contributed by atoms with E-state index in [0.717, 1.165) is 23.3 Å². The van der Waals surface area contributed by atoms with Gasteiger partial charge in [0.05, 0.1) is 23.7 Å². The molecule has 0 saturated carbocycles. The van der Waals surface area contributed by atoms with Gasteiger partial charge in [0.2, 0.25) is 0 Å². The highest BCUT2D eigenvalue weighted by Gasteiger charge is 2.18. The fraction of sp³-hybridized carbons (Fsp3) is 0.240. The molecule has 0 radical (unpaired) electrons. The van der Waals surface area contributed by atoms with Gasteiger partial charge in [-0.2, -0.15) is 0 Å². The topological polar surface area (TPSA) is 84.5 Å². The molecule has 2 N–H and O–H groups in total. The Bertz CT molecular complexity index is 1190. The van der Waals surface area contributed by atoms with Crippen molar-refractivity contribution in [1.82, 2.24) is 5.32 Å². The third-order valence-electron chi connectivity index (χ3n) is 5.30. The summed E-state index contributed by atoms with van der Waals surface area (Å²) in [5.74, 6) is 0.540. The number of carbonyl (C=O) groups is 1. The summed E-state index contributed by atoms with van der Waals surface area (Å²) in [5, 5.41) is 3.04. The summed E-state index contributed by atoms with van der Waals surface area (Å²) in [6.07, 6.45) is 0.728. The average Bonchev–Trinajstić information content (AvgIpc) is 2.79. The van der Waals surface area contributed by atoms with Gasteiger partial charge in [-0.3, -0.25) is 9.52 Å². The smallest absolute Gasteiger partial charge is 0.261 e. The van der Waals surface area contributed by atoms with E-state index in [1.54, 1.807) is 56.5 Å². The van der Waals surface area contributed by atoms with Gasteiger partial charge >= 0.3 is 0 Å². The molecule has 0 aliphatic carbocycles. The molecule has 0 aliphatic heterocycles. The van der Waals surface area contributed by atoms with Gasteiger partial charge in [0.1, 0.15) is 5.75 Å². The van der Waals surface area contributed by atoms with Crippen molar-refractivity contribution in [1.29, 1.82) is 0 Å². The Morgan fingerprint density at radius 1 is 0.969 bits per heavy atom. The van der Waals surface area contributed by atoms with Crippen LogP contribution < -0.4 is 14.8 Å². The number of hydrogen-bond donors (Lipinski definition) is 2. The quantitative estimate of drug-likeness (QED) is 0.504.